The highest BCUT2D eigenvalue weighted by atomic mass is 15.2. The van der Waals surface area contributed by atoms with E-state index in [1.807, 2.05) is 0 Å². The Hall–Kier alpha value is -0.0800. The molecule has 0 aliphatic carbocycles. The molecule has 1 aliphatic heterocycles. The van der Waals surface area contributed by atoms with Crippen LogP contribution in [0.1, 0.15) is 41.0 Å². The van der Waals surface area contributed by atoms with Gasteiger partial charge in [-0.1, -0.05) is 6.92 Å². The van der Waals surface area contributed by atoms with Crippen molar-refractivity contribution in [1.82, 2.24) is 10.2 Å². The number of nitrogens with one attached hydrogen (secondary N) is 1. The van der Waals surface area contributed by atoms with Gasteiger partial charge < -0.3 is 5.32 Å². The summed E-state index contributed by atoms with van der Waals surface area (Å²) in [5.74, 6) is 0. The van der Waals surface area contributed by atoms with Crippen LogP contribution in [0.25, 0.3) is 0 Å². The van der Waals surface area contributed by atoms with E-state index in [2.05, 4.69) is 44.8 Å². The molecular weight excluding hydrogens is 160 g/mol. The fourth-order valence-corrected chi connectivity index (χ4v) is 2.28. The van der Waals surface area contributed by atoms with E-state index in [-0.39, 0.29) is 5.54 Å². The van der Waals surface area contributed by atoms with Gasteiger partial charge in [0.1, 0.15) is 0 Å². The molecule has 2 atom stereocenters. The zero-order valence-electron chi connectivity index (χ0n) is 9.72. The van der Waals surface area contributed by atoms with Gasteiger partial charge in [-0.25, -0.2) is 0 Å². The third-order valence-electron chi connectivity index (χ3n) is 2.96. The van der Waals surface area contributed by atoms with Gasteiger partial charge in [-0.2, -0.15) is 0 Å². The number of hydrogen-bond donors (Lipinski definition) is 1. The smallest absolute Gasteiger partial charge is 0.0255 e. The molecule has 0 amide bonds. The fourth-order valence-electron chi connectivity index (χ4n) is 2.28. The summed E-state index contributed by atoms with van der Waals surface area (Å²) in [6, 6.07) is 1.35. The first-order valence-electron chi connectivity index (χ1n) is 5.46. The lowest BCUT2D eigenvalue weighted by Crippen LogP contribution is -2.62. The summed E-state index contributed by atoms with van der Waals surface area (Å²) in [5.41, 5.74) is 0.279. The first-order chi connectivity index (χ1) is 5.94. The average molecular weight is 184 g/mol. The monoisotopic (exact) mass is 184 g/mol. The molecule has 0 aromatic carbocycles. The minimum absolute atomic E-state index is 0.279. The SMILES string of the molecule is CCC(C)N1CC(C)NC(C)(C)C1. The van der Waals surface area contributed by atoms with Crippen molar-refractivity contribution in [3.05, 3.63) is 0 Å². The molecule has 1 saturated heterocycles. The molecule has 0 spiro atoms. The van der Waals surface area contributed by atoms with Crippen LogP contribution in [0.5, 0.6) is 0 Å². The maximum atomic E-state index is 3.62. The van der Waals surface area contributed by atoms with Crippen LogP contribution >= 0.6 is 0 Å². The van der Waals surface area contributed by atoms with E-state index >= 15 is 0 Å². The van der Waals surface area contributed by atoms with Crippen molar-refractivity contribution >= 4 is 0 Å². The molecule has 1 aliphatic rings. The Balaban J connectivity index is 2.57. The lowest BCUT2D eigenvalue weighted by Gasteiger charge is -2.45. The standard InChI is InChI=1S/C11H24N2/c1-6-10(3)13-7-9(2)12-11(4,5)8-13/h9-10,12H,6-8H2,1-5H3. The maximum absolute atomic E-state index is 3.62. The second kappa shape index (κ2) is 3.97. The van der Waals surface area contributed by atoms with Gasteiger partial charge in [0.05, 0.1) is 0 Å². The molecule has 0 aromatic rings. The average Bonchev–Trinajstić information content (AvgIpc) is 1.99. The number of piperazine rings is 1. The molecule has 2 nitrogen and oxygen atoms in total. The molecular formula is C11H24N2. The Morgan fingerprint density at radius 2 is 2.15 bits per heavy atom. The predicted molar refractivity (Wildman–Crippen MR) is 58.0 cm³/mol. The van der Waals surface area contributed by atoms with Crippen molar-refractivity contribution in [2.75, 3.05) is 13.1 Å². The number of nitrogens with zero attached hydrogens (tertiary/aromatic N) is 1. The van der Waals surface area contributed by atoms with E-state index in [1.165, 1.54) is 19.5 Å². The first-order valence-corrected chi connectivity index (χ1v) is 5.46. The second-order valence-corrected chi connectivity index (χ2v) is 5.12. The molecule has 1 N–H and O–H groups in total. The van der Waals surface area contributed by atoms with E-state index < -0.39 is 0 Å². The fraction of sp³-hybridized carbons (Fsp3) is 1.00. The quantitative estimate of drug-likeness (QED) is 0.704. The number of hydrogen-bond acceptors (Lipinski definition) is 2. The van der Waals surface area contributed by atoms with Crippen LogP contribution in [0.3, 0.4) is 0 Å². The van der Waals surface area contributed by atoms with Crippen molar-refractivity contribution in [3.63, 3.8) is 0 Å². The Morgan fingerprint density at radius 1 is 1.54 bits per heavy atom. The van der Waals surface area contributed by atoms with E-state index in [1.54, 1.807) is 0 Å². The molecule has 0 radical (unpaired) electrons. The van der Waals surface area contributed by atoms with Crippen molar-refractivity contribution in [2.45, 2.75) is 58.7 Å². The van der Waals surface area contributed by atoms with Crippen molar-refractivity contribution in [1.29, 1.82) is 0 Å². The Kier molecular flexibility index (Phi) is 3.36. The van der Waals surface area contributed by atoms with Crippen LogP contribution in [-0.2, 0) is 0 Å². The van der Waals surface area contributed by atoms with E-state index in [9.17, 15) is 0 Å². The van der Waals surface area contributed by atoms with Crippen molar-refractivity contribution in [3.8, 4) is 0 Å². The summed E-state index contributed by atoms with van der Waals surface area (Å²) < 4.78 is 0. The van der Waals surface area contributed by atoms with E-state index in [0.29, 0.717) is 6.04 Å². The zero-order chi connectivity index (χ0) is 10.1. The molecule has 0 aromatic heterocycles. The predicted octanol–water partition coefficient (Wildman–Crippen LogP) is 1.86. The highest BCUT2D eigenvalue weighted by Crippen LogP contribution is 2.17. The molecule has 1 heterocycles. The summed E-state index contributed by atoms with van der Waals surface area (Å²) >= 11 is 0. The molecule has 78 valence electrons. The van der Waals surface area contributed by atoms with Crippen molar-refractivity contribution < 1.29 is 0 Å². The Bertz CT molecular complexity index is 165. The molecule has 0 saturated carbocycles. The molecule has 2 heteroatoms. The van der Waals surface area contributed by atoms with Crippen LogP contribution in [0.4, 0.5) is 0 Å². The topological polar surface area (TPSA) is 15.3 Å². The molecule has 13 heavy (non-hydrogen) atoms. The van der Waals surface area contributed by atoms with Gasteiger partial charge >= 0.3 is 0 Å². The lowest BCUT2D eigenvalue weighted by atomic mass is 9.97. The summed E-state index contributed by atoms with van der Waals surface area (Å²) in [6.45, 7) is 13.8. The minimum atomic E-state index is 0.279. The van der Waals surface area contributed by atoms with Crippen LogP contribution in [0.2, 0.25) is 0 Å². The summed E-state index contributed by atoms with van der Waals surface area (Å²) in [7, 11) is 0. The van der Waals surface area contributed by atoms with Gasteiger partial charge in [0.25, 0.3) is 0 Å². The van der Waals surface area contributed by atoms with E-state index in [4.69, 9.17) is 0 Å². The largest absolute Gasteiger partial charge is 0.307 e. The van der Waals surface area contributed by atoms with E-state index in [0.717, 1.165) is 6.04 Å². The van der Waals surface area contributed by atoms with Gasteiger partial charge in [0.2, 0.25) is 0 Å². The van der Waals surface area contributed by atoms with Crippen LogP contribution in [0, 0.1) is 0 Å². The molecule has 1 fully saturated rings. The Morgan fingerprint density at radius 3 is 2.62 bits per heavy atom. The third-order valence-corrected chi connectivity index (χ3v) is 2.96. The van der Waals surface area contributed by atoms with Gasteiger partial charge in [-0.15, -0.1) is 0 Å². The van der Waals surface area contributed by atoms with Gasteiger partial charge in [-0.3, -0.25) is 4.90 Å². The number of rotatable bonds is 2. The lowest BCUT2D eigenvalue weighted by molar-refractivity contribution is 0.0883. The maximum Gasteiger partial charge on any atom is 0.0255 e. The normalized spacial score (nSPS) is 31.6. The third kappa shape index (κ3) is 2.96. The van der Waals surface area contributed by atoms with Gasteiger partial charge in [-0.05, 0) is 34.1 Å². The first kappa shape index (κ1) is 11.0. The van der Waals surface area contributed by atoms with Gasteiger partial charge in [0, 0.05) is 30.7 Å². The Labute approximate surface area is 82.7 Å². The summed E-state index contributed by atoms with van der Waals surface area (Å²) in [4.78, 5) is 2.60. The highest BCUT2D eigenvalue weighted by Gasteiger charge is 2.31. The minimum Gasteiger partial charge on any atom is -0.307 e. The van der Waals surface area contributed by atoms with Crippen LogP contribution < -0.4 is 5.32 Å². The van der Waals surface area contributed by atoms with Crippen LogP contribution in [0.15, 0.2) is 0 Å². The molecule has 2 unspecified atom stereocenters. The second-order valence-electron chi connectivity index (χ2n) is 5.12. The van der Waals surface area contributed by atoms with Crippen molar-refractivity contribution in [2.24, 2.45) is 0 Å². The van der Waals surface area contributed by atoms with Crippen LogP contribution in [-0.4, -0.2) is 35.6 Å². The zero-order valence-corrected chi connectivity index (χ0v) is 9.72. The highest BCUT2D eigenvalue weighted by molar-refractivity contribution is 4.92. The molecule has 1 rings (SSSR count). The van der Waals surface area contributed by atoms with Gasteiger partial charge in [0.15, 0.2) is 0 Å². The summed E-state index contributed by atoms with van der Waals surface area (Å²) in [5, 5.41) is 3.62. The summed E-state index contributed by atoms with van der Waals surface area (Å²) in [6.07, 6.45) is 1.25. The molecule has 0 bridgehead atoms.